The van der Waals surface area contributed by atoms with Crippen molar-refractivity contribution in [3.63, 3.8) is 0 Å². The number of nitrogens with zero attached hydrogens (tertiary/aromatic N) is 2. The highest BCUT2D eigenvalue weighted by atomic mass is 35.5. The van der Waals surface area contributed by atoms with Crippen LogP contribution in [0, 0.1) is 0 Å². The lowest BCUT2D eigenvalue weighted by molar-refractivity contribution is 0.379. The van der Waals surface area contributed by atoms with E-state index in [1.165, 1.54) is 0 Å². The van der Waals surface area contributed by atoms with E-state index in [2.05, 4.69) is 15.5 Å². The van der Waals surface area contributed by atoms with Crippen molar-refractivity contribution < 1.29 is 4.52 Å². The van der Waals surface area contributed by atoms with Crippen molar-refractivity contribution in [2.75, 3.05) is 11.6 Å². The molecule has 0 aliphatic rings. The SMILES string of the molecule is CSCc1noc(CNc2cccc(Cl)c2)n1. The van der Waals surface area contributed by atoms with E-state index < -0.39 is 0 Å². The van der Waals surface area contributed by atoms with Gasteiger partial charge in [-0.1, -0.05) is 22.8 Å². The lowest BCUT2D eigenvalue weighted by Crippen LogP contribution is -1.99. The molecule has 1 heterocycles. The van der Waals surface area contributed by atoms with Gasteiger partial charge in [0.15, 0.2) is 5.82 Å². The van der Waals surface area contributed by atoms with Crippen LogP contribution in [0.2, 0.25) is 5.02 Å². The van der Waals surface area contributed by atoms with Crippen LogP contribution in [0.25, 0.3) is 0 Å². The summed E-state index contributed by atoms with van der Waals surface area (Å²) in [7, 11) is 0. The third-order valence-electron chi connectivity index (χ3n) is 2.05. The molecule has 2 rings (SSSR count). The molecule has 0 bridgehead atoms. The van der Waals surface area contributed by atoms with Crippen molar-refractivity contribution in [3.8, 4) is 0 Å². The molecule has 1 aromatic heterocycles. The Morgan fingerprint density at radius 2 is 2.35 bits per heavy atom. The van der Waals surface area contributed by atoms with Crippen molar-refractivity contribution >= 4 is 29.1 Å². The number of thioether (sulfide) groups is 1. The van der Waals surface area contributed by atoms with Crippen molar-refractivity contribution in [2.45, 2.75) is 12.3 Å². The van der Waals surface area contributed by atoms with Gasteiger partial charge in [-0.05, 0) is 24.5 Å². The maximum absolute atomic E-state index is 5.88. The molecule has 1 aromatic carbocycles. The Kier molecular flexibility index (Phi) is 4.28. The first kappa shape index (κ1) is 12.3. The number of anilines is 1. The molecule has 0 radical (unpaired) electrons. The molecule has 0 aliphatic heterocycles. The van der Waals surface area contributed by atoms with Crippen molar-refractivity contribution in [1.82, 2.24) is 10.1 Å². The molecule has 6 heteroatoms. The Bertz CT molecular complexity index is 489. The molecule has 2 aromatic rings. The molecule has 1 N–H and O–H groups in total. The summed E-state index contributed by atoms with van der Waals surface area (Å²) < 4.78 is 5.10. The fourth-order valence-corrected chi connectivity index (χ4v) is 1.89. The predicted octanol–water partition coefficient (Wildman–Crippen LogP) is 3.20. The number of hydrogen-bond acceptors (Lipinski definition) is 5. The van der Waals surface area contributed by atoms with Gasteiger partial charge in [0.2, 0.25) is 5.89 Å². The Balaban J connectivity index is 1.93. The smallest absolute Gasteiger partial charge is 0.245 e. The third-order valence-corrected chi connectivity index (χ3v) is 2.83. The summed E-state index contributed by atoms with van der Waals surface area (Å²) in [6.45, 7) is 0.502. The second-order valence-electron chi connectivity index (χ2n) is 3.40. The number of halogens is 1. The van der Waals surface area contributed by atoms with E-state index in [1.54, 1.807) is 11.8 Å². The summed E-state index contributed by atoms with van der Waals surface area (Å²) in [5, 5.41) is 7.73. The van der Waals surface area contributed by atoms with E-state index in [1.807, 2.05) is 30.5 Å². The van der Waals surface area contributed by atoms with Crippen LogP contribution < -0.4 is 5.32 Å². The number of benzene rings is 1. The minimum absolute atomic E-state index is 0.502. The van der Waals surface area contributed by atoms with Crippen LogP contribution >= 0.6 is 23.4 Å². The Labute approximate surface area is 109 Å². The third kappa shape index (κ3) is 3.64. The lowest BCUT2D eigenvalue weighted by Gasteiger charge is -2.02. The first-order chi connectivity index (χ1) is 8.28. The van der Waals surface area contributed by atoms with Gasteiger partial charge in [0, 0.05) is 10.7 Å². The zero-order chi connectivity index (χ0) is 12.1. The van der Waals surface area contributed by atoms with Gasteiger partial charge in [0.1, 0.15) is 0 Å². The van der Waals surface area contributed by atoms with Gasteiger partial charge >= 0.3 is 0 Å². The molecule has 0 saturated carbocycles. The van der Waals surface area contributed by atoms with Gasteiger partial charge in [-0.2, -0.15) is 16.7 Å². The summed E-state index contributed by atoms with van der Waals surface area (Å²) in [5.74, 6) is 2.06. The van der Waals surface area contributed by atoms with E-state index in [4.69, 9.17) is 16.1 Å². The first-order valence-corrected chi connectivity index (χ1v) is 6.85. The molecule has 0 spiro atoms. The van der Waals surface area contributed by atoms with Crippen molar-refractivity contribution in [1.29, 1.82) is 0 Å². The van der Waals surface area contributed by atoms with Gasteiger partial charge in [-0.25, -0.2) is 0 Å². The summed E-state index contributed by atoms with van der Waals surface area (Å²) >= 11 is 7.54. The number of rotatable bonds is 5. The normalized spacial score (nSPS) is 10.5. The molecule has 17 heavy (non-hydrogen) atoms. The quantitative estimate of drug-likeness (QED) is 0.903. The Hall–Kier alpha value is -1.20. The average molecular weight is 270 g/mol. The van der Waals surface area contributed by atoms with Gasteiger partial charge < -0.3 is 9.84 Å². The highest BCUT2D eigenvalue weighted by molar-refractivity contribution is 7.97. The molecule has 0 aliphatic carbocycles. The van der Waals surface area contributed by atoms with E-state index >= 15 is 0 Å². The Morgan fingerprint density at radius 3 is 3.12 bits per heavy atom. The Morgan fingerprint density at radius 1 is 1.47 bits per heavy atom. The minimum Gasteiger partial charge on any atom is -0.376 e. The molecule has 0 unspecified atom stereocenters. The van der Waals surface area contributed by atoms with E-state index in [0.29, 0.717) is 17.5 Å². The standard InChI is InChI=1S/C11H12ClN3OS/c1-17-7-10-14-11(16-15-10)6-13-9-4-2-3-8(12)5-9/h2-5,13H,6-7H2,1H3. The van der Waals surface area contributed by atoms with Crippen LogP contribution in [-0.4, -0.2) is 16.4 Å². The summed E-state index contributed by atoms with van der Waals surface area (Å²) in [5.41, 5.74) is 0.933. The largest absolute Gasteiger partial charge is 0.376 e. The molecular weight excluding hydrogens is 258 g/mol. The zero-order valence-corrected chi connectivity index (χ0v) is 10.9. The highest BCUT2D eigenvalue weighted by Crippen LogP contribution is 2.15. The lowest BCUT2D eigenvalue weighted by atomic mass is 10.3. The zero-order valence-electron chi connectivity index (χ0n) is 9.31. The summed E-state index contributed by atoms with van der Waals surface area (Å²) in [4.78, 5) is 4.24. The van der Waals surface area contributed by atoms with E-state index in [-0.39, 0.29) is 0 Å². The van der Waals surface area contributed by atoms with Crippen LogP contribution in [0.5, 0.6) is 0 Å². The maximum atomic E-state index is 5.88. The van der Waals surface area contributed by atoms with Gasteiger partial charge in [0.05, 0.1) is 12.3 Å². The summed E-state index contributed by atoms with van der Waals surface area (Å²) in [6, 6.07) is 7.50. The summed E-state index contributed by atoms with van der Waals surface area (Å²) in [6.07, 6.45) is 2.00. The number of nitrogens with one attached hydrogen (secondary N) is 1. The monoisotopic (exact) mass is 269 g/mol. The second-order valence-corrected chi connectivity index (χ2v) is 4.70. The maximum Gasteiger partial charge on any atom is 0.245 e. The van der Waals surface area contributed by atoms with Gasteiger partial charge in [-0.3, -0.25) is 0 Å². The topological polar surface area (TPSA) is 51.0 Å². The first-order valence-electron chi connectivity index (χ1n) is 5.08. The molecule has 0 amide bonds. The second kappa shape index (κ2) is 5.93. The van der Waals surface area contributed by atoms with Gasteiger partial charge in [0.25, 0.3) is 0 Å². The van der Waals surface area contributed by atoms with Crippen molar-refractivity contribution in [3.05, 3.63) is 41.0 Å². The number of hydrogen-bond donors (Lipinski definition) is 1. The van der Waals surface area contributed by atoms with Crippen LogP contribution in [0.1, 0.15) is 11.7 Å². The molecule has 0 atom stereocenters. The molecule has 4 nitrogen and oxygen atoms in total. The fourth-order valence-electron chi connectivity index (χ4n) is 1.33. The average Bonchev–Trinajstić information content (AvgIpc) is 2.75. The van der Waals surface area contributed by atoms with Gasteiger partial charge in [-0.15, -0.1) is 0 Å². The van der Waals surface area contributed by atoms with E-state index in [0.717, 1.165) is 17.3 Å². The molecular formula is C11H12ClN3OS. The fraction of sp³-hybridized carbons (Fsp3) is 0.273. The number of aromatic nitrogens is 2. The van der Waals surface area contributed by atoms with Crippen LogP contribution in [0.3, 0.4) is 0 Å². The molecule has 0 fully saturated rings. The molecule has 0 saturated heterocycles. The van der Waals surface area contributed by atoms with Crippen LogP contribution in [-0.2, 0) is 12.3 Å². The van der Waals surface area contributed by atoms with Crippen molar-refractivity contribution in [2.24, 2.45) is 0 Å². The molecule has 90 valence electrons. The minimum atomic E-state index is 0.502. The predicted molar refractivity (Wildman–Crippen MR) is 70.3 cm³/mol. The van der Waals surface area contributed by atoms with E-state index in [9.17, 15) is 0 Å². The van der Waals surface area contributed by atoms with Crippen LogP contribution in [0.4, 0.5) is 5.69 Å². The highest BCUT2D eigenvalue weighted by Gasteiger charge is 2.05. The van der Waals surface area contributed by atoms with Crippen LogP contribution in [0.15, 0.2) is 28.8 Å².